The van der Waals surface area contributed by atoms with Gasteiger partial charge in [-0.2, -0.15) is 0 Å². The molecule has 52 heavy (non-hydrogen) atoms. The lowest BCUT2D eigenvalue weighted by atomic mass is 9.98. The third-order valence-electron chi connectivity index (χ3n) is 11.3. The minimum atomic E-state index is 0.980. The smallest absolute Gasteiger partial charge is 0.146 e. The minimum absolute atomic E-state index is 0.980. The summed E-state index contributed by atoms with van der Waals surface area (Å²) in [5, 5.41) is 9.87. The highest BCUT2D eigenvalue weighted by molar-refractivity contribution is 6.22. The van der Waals surface area contributed by atoms with Crippen LogP contribution < -0.4 is 0 Å². The fourth-order valence-corrected chi connectivity index (χ4v) is 9.04. The van der Waals surface area contributed by atoms with Gasteiger partial charge in [0, 0.05) is 55.2 Å². The molecule has 0 amide bonds. The van der Waals surface area contributed by atoms with Crippen molar-refractivity contribution in [2.45, 2.75) is 0 Å². The Hall–Kier alpha value is -6.97. The van der Waals surface area contributed by atoms with Crippen molar-refractivity contribution < 1.29 is 0 Å². The largest absolute Gasteiger partial charge is 0.309 e. The fraction of sp³-hybridized carbons (Fsp3) is 0. The van der Waals surface area contributed by atoms with E-state index < -0.39 is 0 Å². The molecule has 11 aromatic rings. The maximum absolute atomic E-state index is 5.26. The summed E-state index contributed by atoms with van der Waals surface area (Å²) < 4.78 is 4.79. The third-order valence-corrected chi connectivity index (χ3v) is 11.3. The summed E-state index contributed by atoms with van der Waals surface area (Å²) >= 11 is 0. The molecule has 0 unspecified atom stereocenters. The summed E-state index contributed by atoms with van der Waals surface area (Å²) in [6, 6.07) is 62.0. The van der Waals surface area contributed by atoms with Crippen LogP contribution in [0.1, 0.15) is 0 Å². The summed E-state index contributed by atoms with van der Waals surface area (Å²) in [5.41, 5.74) is 13.4. The molecule has 12 rings (SSSR count). The molecule has 240 valence electrons. The third kappa shape index (κ3) is 3.66. The summed E-state index contributed by atoms with van der Waals surface area (Å²) in [6.07, 6.45) is 2.05. The molecule has 0 aliphatic heterocycles. The van der Waals surface area contributed by atoms with Crippen molar-refractivity contribution in [2.75, 3.05) is 0 Å². The molecule has 3 aromatic heterocycles. The van der Waals surface area contributed by atoms with E-state index in [1.165, 1.54) is 104 Å². The lowest BCUT2D eigenvalue weighted by molar-refractivity contribution is 1.10. The summed E-state index contributed by atoms with van der Waals surface area (Å²) in [7, 11) is 0. The number of rotatable bonds is 3. The van der Waals surface area contributed by atoms with Crippen molar-refractivity contribution in [3.05, 3.63) is 176 Å². The standard InChI is InChI=1S/C49H29N3/c1-2-12-34(13-3-1)51-43-19-8-7-16-38(43)42-28-31(23-26-45(42)51)30-21-24-35-32(27-30)22-25-41-37-15-6-9-20-44(37)52(48(35)41)49-47-40-17-5-4-14-36(40)39-18-10-11-33(29-50-49)46(39)47/h1-29H. The number of aromatic nitrogens is 3. The van der Waals surface area contributed by atoms with Gasteiger partial charge in [-0.15, -0.1) is 0 Å². The molecule has 1 aliphatic carbocycles. The highest BCUT2D eigenvalue weighted by atomic mass is 15.1. The van der Waals surface area contributed by atoms with E-state index in [0.29, 0.717) is 0 Å². The number of fused-ring (bicyclic) bond motifs is 11. The van der Waals surface area contributed by atoms with Gasteiger partial charge in [0.2, 0.25) is 0 Å². The molecular formula is C49H29N3. The van der Waals surface area contributed by atoms with E-state index in [9.17, 15) is 0 Å². The van der Waals surface area contributed by atoms with Crippen LogP contribution in [0.25, 0.3) is 110 Å². The number of para-hydroxylation sites is 3. The fourth-order valence-electron chi connectivity index (χ4n) is 9.04. The second-order valence-corrected chi connectivity index (χ2v) is 13.9. The van der Waals surface area contributed by atoms with Crippen molar-refractivity contribution in [3.8, 4) is 44.9 Å². The van der Waals surface area contributed by atoms with Crippen LogP contribution in [-0.2, 0) is 0 Å². The first-order valence-electron chi connectivity index (χ1n) is 17.9. The van der Waals surface area contributed by atoms with Gasteiger partial charge in [0.15, 0.2) is 0 Å². The van der Waals surface area contributed by atoms with E-state index in [1.54, 1.807) is 0 Å². The summed E-state index contributed by atoms with van der Waals surface area (Å²) in [5.74, 6) is 0.980. The van der Waals surface area contributed by atoms with Crippen LogP contribution in [0.2, 0.25) is 0 Å². The summed E-state index contributed by atoms with van der Waals surface area (Å²) in [4.78, 5) is 5.26. The van der Waals surface area contributed by atoms with Gasteiger partial charge in [0.05, 0.1) is 22.1 Å². The topological polar surface area (TPSA) is 22.8 Å². The monoisotopic (exact) mass is 659 g/mol. The molecule has 0 atom stereocenters. The highest BCUT2D eigenvalue weighted by Gasteiger charge is 2.27. The van der Waals surface area contributed by atoms with E-state index in [1.807, 2.05) is 0 Å². The van der Waals surface area contributed by atoms with Gasteiger partial charge in [-0.1, -0.05) is 127 Å². The van der Waals surface area contributed by atoms with Crippen LogP contribution in [0.4, 0.5) is 0 Å². The first-order chi connectivity index (χ1) is 25.8. The van der Waals surface area contributed by atoms with E-state index >= 15 is 0 Å². The van der Waals surface area contributed by atoms with Crippen LogP contribution in [0.5, 0.6) is 0 Å². The van der Waals surface area contributed by atoms with Crippen molar-refractivity contribution in [2.24, 2.45) is 0 Å². The minimum Gasteiger partial charge on any atom is -0.309 e. The average Bonchev–Trinajstić information content (AvgIpc) is 3.85. The highest BCUT2D eigenvalue weighted by Crippen LogP contribution is 2.50. The predicted molar refractivity (Wildman–Crippen MR) is 218 cm³/mol. The first kappa shape index (κ1) is 27.8. The lowest BCUT2D eigenvalue weighted by Crippen LogP contribution is -2.00. The Morgan fingerprint density at radius 2 is 1.04 bits per heavy atom. The van der Waals surface area contributed by atoms with Gasteiger partial charge >= 0.3 is 0 Å². The Balaban J connectivity index is 1.10. The van der Waals surface area contributed by atoms with Gasteiger partial charge < -0.3 is 4.57 Å². The molecule has 3 heterocycles. The Kier molecular flexibility index (Phi) is 5.50. The zero-order valence-electron chi connectivity index (χ0n) is 28.1. The van der Waals surface area contributed by atoms with Crippen LogP contribution in [0.3, 0.4) is 0 Å². The molecule has 3 heteroatoms. The van der Waals surface area contributed by atoms with Crippen molar-refractivity contribution in [3.63, 3.8) is 0 Å². The van der Waals surface area contributed by atoms with Crippen molar-refractivity contribution in [1.82, 2.24) is 14.1 Å². The molecule has 0 saturated carbocycles. The van der Waals surface area contributed by atoms with Gasteiger partial charge in [-0.25, -0.2) is 4.98 Å². The lowest BCUT2D eigenvalue weighted by Gasteiger charge is -2.14. The number of hydrogen-bond donors (Lipinski definition) is 0. The average molecular weight is 660 g/mol. The SMILES string of the molecule is c1ccc(-n2c3ccccc3c3cc(-c4ccc5c(ccc6c7ccccc7n(-c7ncc8cccc9c8c7-c7ccccc7-9)c56)c4)ccc32)cc1. The number of pyridine rings is 1. The molecule has 1 aliphatic rings. The van der Waals surface area contributed by atoms with E-state index in [2.05, 4.69) is 185 Å². The molecule has 0 bridgehead atoms. The molecule has 0 N–H and O–H groups in total. The Morgan fingerprint density at radius 3 is 1.90 bits per heavy atom. The number of hydrogen-bond acceptors (Lipinski definition) is 1. The van der Waals surface area contributed by atoms with E-state index in [-0.39, 0.29) is 0 Å². The zero-order chi connectivity index (χ0) is 33.9. The second kappa shape index (κ2) is 10.3. The van der Waals surface area contributed by atoms with E-state index in [0.717, 1.165) is 5.82 Å². The normalized spacial score (nSPS) is 12.2. The number of benzene rings is 8. The quantitative estimate of drug-likeness (QED) is 0.185. The predicted octanol–water partition coefficient (Wildman–Crippen LogP) is 12.9. The molecule has 8 aromatic carbocycles. The Morgan fingerprint density at radius 1 is 0.385 bits per heavy atom. The summed E-state index contributed by atoms with van der Waals surface area (Å²) in [6.45, 7) is 0. The number of nitrogens with zero attached hydrogens (tertiary/aromatic N) is 3. The molecular weight excluding hydrogens is 631 g/mol. The first-order valence-corrected chi connectivity index (χ1v) is 17.9. The van der Waals surface area contributed by atoms with Crippen LogP contribution in [-0.4, -0.2) is 14.1 Å². The molecule has 0 spiro atoms. The Labute approximate surface area is 299 Å². The van der Waals surface area contributed by atoms with Crippen molar-refractivity contribution >= 4 is 65.2 Å². The molecule has 0 fully saturated rings. The van der Waals surface area contributed by atoms with Crippen molar-refractivity contribution in [1.29, 1.82) is 0 Å². The van der Waals surface area contributed by atoms with Gasteiger partial charge in [0.25, 0.3) is 0 Å². The molecule has 3 nitrogen and oxygen atoms in total. The van der Waals surface area contributed by atoms with Gasteiger partial charge in [-0.05, 0) is 75.7 Å². The van der Waals surface area contributed by atoms with Crippen LogP contribution >= 0.6 is 0 Å². The van der Waals surface area contributed by atoms with Gasteiger partial charge in [0.1, 0.15) is 5.82 Å². The maximum Gasteiger partial charge on any atom is 0.146 e. The van der Waals surface area contributed by atoms with Crippen LogP contribution in [0.15, 0.2) is 176 Å². The molecule has 0 saturated heterocycles. The van der Waals surface area contributed by atoms with Crippen LogP contribution in [0, 0.1) is 0 Å². The maximum atomic E-state index is 5.26. The molecule has 0 radical (unpaired) electrons. The second-order valence-electron chi connectivity index (χ2n) is 13.9. The van der Waals surface area contributed by atoms with E-state index in [4.69, 9.17) is 4.98 Å². The Bertz CT molecular complexity index is 3290. The zero-order valence-corrected chi connectivity index (χ0v) is 28.1. The van der Waals surface area contributed by atoms with Gasteiger partial charge in [-0.3, -0.25) is 4.57 Å².